The van der Waals surface area contributed by atoms with E-state index in [1.807, 2.05) is 13.0 Å². The van der Waals surface area contributed by atoms with E-state index in [1.165, 1.54) is 12.1 Å². The first kappa shape index (κ1) is 15.0. The Morgan fingerprint density at radius 1 is 1.33 bits per heavy atom. The molecule has 0 fully saturated rings. The number of nitrogens with zero attached hydrogens (tertiary/aromatic N) is 2. The monoisotopic (exact) mass is 287 g/mol. The third-order valence-electron chi connectivity index (χ3n) is 3.22. The molecule has 1 amide bonds. The Morgan fingerprint density at radius 2 is 2.00 bits per heavy atom. The molecule has 4 nitrogen and oxygen atoms in total. The minimum absolute atomic E-state index is 0.129. The van der Waals surface area contributed by atoms with Gasteiger partial charge in [-0.1, -0.05) is 12.1 Å². The van der Waals surface area contributed by atoms with Crippen LogP contribution in [0, 0.1) is 12.7 Å². The number of hydrogen-bond acceptors (Lipinski definition) is 3. The van der Waals surface area contributed by atoms with E-state index >= 15 is 0 Å². The van der Waals surface area contributed by atoms with Crippen LogP contribution < -0.4 is 5.32 Å². The van der Waals surface area contributed by atoms with E-state index in [9.17, 15) is 9.18 Å². The molecule has 0 atom stereocenters. The smallest absolute Gasteiger partial charge is 0.257 e. The van der Waals surface area contributed by atoms with E-state index in [1.54, 1.807) is 37.3 Å². The molecule has 0 aliphatic carbocycles. The van der Waals surface area contributed by atoms with Gasteiger partial charge in [-0.15, -0.1) is 0 Å². The Hall–Kier alpha value is -2.43. The fraction of sp³-hybridized carbons (Fsp3) is 0.250. The van der Waals surface area contributed by atoms with Crippen molar-refractivity contribution < 1.29 is 9.18 Å². The molecule has 1 heterocycles. The molecule has 0 radical (unpaired) electrons. The lowest BCUT2D eigenvalue weighted by Crippen LogP contribution is -2.27. The summed E-state index contributed by atoms with van der Waals surface area (Å²) < 4.78 is 12.9. The van der Waals surface area contributed by atoms with Crippen molar-refractivity contribution in [1.29, 1.82) is 0 Å². The average molecular weight is 287 g/mol. The number of nitrogens with one attached hydrogen (secondary N) is 1. The lowest BCUT2D eigenvalue weighted by Gasteiger charge is -2.19. The molecule has 21 heavy (non-hydrogen) atoms. The number of pyridine rings is 1. The number of hydrogen-bond donors (Lipinski definition) is 1. The number of amides is 1. The minimum atomic E-state index is -0.284. The van der Waals surface area contributed by atoms with Gasteiger partial charge in [-0.25, -0.2) is 4.39 Å². The number of aryl methyl sites for hydroxylation is 1. The van der Waals surface area contributed by atoms with E-state index in [-0.39, 0.29) is 11.7 Å². The average Bonchev–Trinajstić information content (AvgIpc) is 2.48. The van der Waals surface area contributed by atoms with Crippen LogP contribution in [-0.2, 0) is 6.54 Å². The summed E-state index contributed by atoms with van der Waals surface area (Å²) in [4.78, 5) is 18.2. The van der Waals surface area contributed by atoms with Gasteiger partial charge in [-0.3, -0.25) is 9.78 Å². The predicted octanol–water partition coefficient (Wildman–Crippen LogP) is 2.84. The summed E-state index contributed by atoms with van der Waals surface area (Å²) >= 11 is 0. The van der Waals surface area contributed by atoms with E-state index in [2.05, 4.69) is 10.3 Å². The molecular formula is C16H18FN3O. The summed E-state index contributed by atoms with van der Waals surface area (Å²) in [5.74, 6) is -0.413. The van der Waals surface area contributed by atoms with Crippen LogP contribution in [0.15, 0.2) is 36.5 Å². The van der Waals surface area contributed by atoms with Gasteiger partial charge in [0.2, 0.25) is 0 Å². The molecule has 110 valence electrons. The van der Waals surface area contributed by atoms with E-state index in [0.29, 0.717) is 12.1 Å². The Morgan fingerprint density at radius 3 is 2.62 bits per heavy atom. The van der Waals surface area contributed by atoms with E-state index in [0.717, 1.165) is 16.9 Å². The quantitative estimate of drug-likeness (QED) is 0.940. The zero-order chi connectivity index (χ0) is 15.4. The molecule has 0 aliphatic heterocycles. The standard InChI is InChI=1S/C16H18FN3O/c1-11-8-15(18-2)14(9-19-11)16(21)20(3)10-12-4-6-13(17)7-5-12/h4-9H,10H2,1-3H3,(H,18,19). The van der Waals surface area contributed by atoms with Crippen molar-refractivity contribution in [1.82, 2.24) is 9.88 Å². The van der Waals surface area contributed by atoms with Gasteiger partial charge in [-0.2, -0.15) is 0 Å². The Balaban J connectivity index is 2.17. The first-order chi connectivity index (χ1) is 10.0. The molecule has 0 aliphatic rings. The van der Waals surface area contributed by atoms with Crippen LogP contribution in [0.4, 0.5) is 10.1 Å². The summed E-state index contributed by atoms with van der Waals surface area (Å²) in [6, 6.07) is 7.95. The number of carbonyl (C=O) groups is 1. The molecule has 0 spiro atoms. The van der Waals surface area contributed by atoms with Crippen molar-refractivity contribution in [2.24, 2.45) is 0 Å². The topological polar surface area (TPSA) is 45.2 Å². The van der Waals surface area contributed by atoms with Gasteiger partial charge in [0.05, 0.1) is 11.3 Å². The first-order valence-corrected chi connectivity index (χ1v) is 6.65. The van der Waals surface area contributed by atoms with Crippen LogP contribution in [-0.4, -0.2) is 29.9 Å². The third kappa shape index (κ3) is 3.56. The summed E-state index contributed by atoms with van der Waals surface area (Å²) in [5, 5.41) is 3.01. The summed E-state index contributed by atoms with van der Waals surface area (Å²) in [7, 11) is 3.48. The van der Waals surface area contributed by atoms with Crippen LogP contribution in [0.25, 0.3) is 0 Å². The number of rotatable bonds is 4. The number of aromatic nitrogens is 1. The highest BCUT2D eigenvalue weighted by molar-refractivity contribution is 5.99. The normalized spacial score (nSPS) is 10.3. The molecule has 0 unspecified atom stereocenters. The second-order valence-electron chi connectivity index (χ2n) is 4.91. The minimum Gasteiger partial charge on any atom is -0.387 e. The van der Waals surface area contributed by atoms with Crippen LogP contribution in [0.1, 0.15) is 21.6 Å². The molecule has 1 aromatic carbocycles. The molecular weight excluding hydrogens is 269 g/mol. The Bertz CT molecular complexity index is 640. The maximum Gasteiger partial charge on any atom is 0.257 e. The summed E-state index contributed by atoms with van der Waals surface area (Å²) in [6.07, 6.45) is 1.57. The maximum absolute atomic E-state index is 12.9. The highest BCUT2D eigenvalue weighted by atomic mass is 19.1. The molecule has 0 saturated carbocycles. The van der Waals surface area contributed by atoms with E-state index < -0.39 is 0 Å². The number of halogens is 1. The molecule has 1 N–H and O–H groups in total. The van der Waals surface area contributed by atoms with Gasteiger partial charge < -0.3 is 10.2 Å². The van der Waals surface area contributed by atoms with Gasteiger partial charge in [0.15, 0.2) is 0 Å². The van der Waals surface area contributed by atoms with Crippen molar-refractivity contribution >= 4 is 11.6 Å². The van der Waals surface area contributed by atoms with Gasteiger partial charge in [-0.05, 0) is 30.7 Å². The number of carbonyl (C=O) groups excluding carboxylic acids is 1. The lowest BCUT2D eigenvalue weighted by molar-refractivity contribution is 0.0785. The third-order valence-corrected chi connectivity index (χ3v) is 3.22. The van der Waals surface area contributed by atoms with Crippen LogP contribution in [0.3, 0.4) is 0 Å². The number of anilines is 1. The van der Waals surface area contributed by atoms with Crippen LogP contribution in [0.5, 0.6) is 0 Å². The maximum atomic E-state index is 12.9. The van der Waals surface area contributed by atoms with Gasteiger partial charge in [0, 0.05) is 32.5 Å². The molecule has 1 aromatic heterocycles. The van der Waals surface area contributed by atoms with Gasteiger partial charge >= 0.3 is 0 Å². The molecule has 2 rings (SSSR count). The fourth-order valence-corrected chi connectivity index (χ4v) is 2.08. The molecule has 0 bridgehead atoms. The predicted molar refractivity (Wildman–Crippen MR) is 80.7 cm³/mol. The Labute approximate surface area is 123 Å². The fourth-order valence-electron chi connectivity index (χ4n) is 2.08. The van der Waals surface area contributed by atoms with Crippen molar-refractivity contribution in [3.8, 4) is 0 Å². The van der Waals surface area contributed by atoms with E-state index in [4.69, 9.17) is 0 Å². The second-order valence-corrected chi connectivity index (χ2v) is 4.91. The van der Waals surface area contributed by atoms with Gasteiger partial charge in [0.1, 0.15) is 5.82 Å². The van der Waals surface area contributed by atoms with Gasteiger partial charge in [0.25, 0.3) is 5.91 Å². The van der Waals surface area contributed by atoms with Crippen molar-refractivity contribution in [3.05, 3.63) is 59.2 Å². The number of benzene rings is 1. The molecule has 5 heteroatoms. The zero-order valence-corrected chi connectivity index (χ0v) is 12.4. The second kappa shape index (κ2) is 6.35. The summed E-state index contributed by atoms with van der Waals surface area (Å²) in [5.41, 5.74) is 2.99. The van der Waals surface area contributed by atoms with Crippen molar-refractivity contribution in [3.63, 3.8) is 0 Å². The Kier molecular flexibility index (Phi) is 4.52. The first-order valence-electron chi connectivity index (χ1n) is 6.65. The zero-order valence-electron chi connectivity index (χ0n) is 12.4. The lowest BCUT2D eigenvalue weighted by atomic mass is 10.1. The molecule has 2 aromatic rings. The van der Waals surface area contributed by atoms with Crippen molar-refractivity contribution in [2.75, 3.05) is 19.4 Å². The van der Waals surface area contributed by atoms with Crippen LogP contribution >= 0.6 is 0 Å². The van der Waals surface area contributed by atoms with Crippen molar-refractivity contribution in [2.45, 2.75) is 13.5 Å². The highest BCUT2D eigenvalue weighted by Gasteiger charge is 2.16. The highest BCUT2D eigenvalue weighted by Crippen LogP contribution is 2.18. The summed E-state index contributed by atoms with van der Waals surface area (Å²) in [6.45, 7) is 2.29. The SMILES string of the molecule is CNc1cc(C)ncc1C(=O)N(C)Cc1ccc(F)cc1. The van der Waals surface area contributed by atoms with Crippen LogP contribution in [0.2, 0.25) is 0 Å². The largest absolute Gasteiger partial charge is 0.387 e. The molecule has 0 saturated heterocycles.